The van der Waals surface area contributed by atoms with E-state index in [1.54, 1.807) is 48.5 Å². The number of nitrogens with zero attached hydrogens (tertiary/aromatic N) is 6. The van der Waals surface area contributed by atoms with Crippen LogP contribution in [-0.4, -0.2) is 63.4 Å². The summed E-state index contributed by atoms with van der Waals surface area (Å²) in [4.78, 5) is 34.0. The lowest BCUT2D eigenvalue weighted by Crippen LogP contribution is -2.32. The van der Waals surface area contributed by atoms with Crippen LogP contribution in [0.4, 0.5) is 11.5 Å². The molecule has 5 rings (SSSR count). The second kappa shape index (κ2) is 13.1. The van der Waals surface area contributed by atoms with Gasteiger partial charge in [0.25, 0.3) is 5.91 Å². The predicted octanol–water partition coefficient (Wildman–Crippen LogP) is 5.06. The maximum atomic E-state index is 13.0. The molecule has 0 aliphatic carbocycles. The molecule has 41 heavy (non-hydrogen) atoms. The van der Waals surface area contributed by atoms with Crippen molar-refractivity contribution in [3.8, 4) is 11.3 Å². The molecule has 2 aromatic carbocycles. The first-order valence-electron chi connectivity index (χ1n) is 14.0. The number of carbonyl (C=O) groups is 2. The first-order valence-corrected chi connectivity index (χ1v) is 14.0. The van der Waals surface area contributed by atoms with Crippen molar-refractivity contribution < 1.29 is 9.59 Å². The van der Waals surface area contributed by atoms with Crippen molar-refractivity contribution in [3.63, 3.8) is 0 Å². The zero-order valence-corrected chi connectivity index (χ0v) is 23.5. The Hall–Kier alpha value is -4.63. The summed E-state index contributed by atoms with van der Waals surface area (Å²) in [7, 11) is 1.75. The van der Waals surface area contributed by atoms with Crippen LogP contribution in [-0.2, 0) is 11.3 Å². The number of benzene rings is 2. The summed E-state index contributed by atoms with van der Waals surface area (Å²) in [5, 5.41) is 11.3. The summed E-state index contributed by atoms with van der Waals surface area (Å²) >= 11 is 0. The van der Waals surface area contributed by atoms with Crippen LogP contribution < -0.4 is 10.2 Å². The fourth-order valence-corrected chi connectivity index (χ4v) is 4.85. The third-order valence-electron chi connectivity index (χ3n) is 7.20. The van der Waals surface area contributed by atoms with Crippen LogP contribution in [0.5, 0.6) is 0 Å². The Labute approximate surface area is 240 Å². The minimum Gasteiger partial charge on any atom is -0.311 e. The molecule has 1 saturated heterocycles. The molecule has 3 heterocycles. The standard InChI is InChI=1S/C32H35N7O2/c1-24-8-6-11-28(20-24)37(2)32(41)26-10-7-9-25(21-26)12-15-31(40)34-30-14-13-27(22-33-30)29-23-39(36-35-29)19-18-38-16-4-3-5-17-38/h6-15,20-23H,3-5,16-19H2,1-2H3,(H,33,34,40)/b15-12+. The molecule has 0 atom stereocenters. The summed E-state index contributed by atoms with van der Waals surface area (Å²) in [6, 6.07) is 18.6. The summed E-state index contributed by atoms with van der Waals surface area (Å²) in [5.74, 6) is -0.00580. The number of amides is 2. The molecule has 1 N–H and O–H groups in total. The average molecular weight is 550 g/mol. The first-order chi connectivity index (χ1) is 19.9. The molecule has 9 heteroatoms. The molecule has 1 aliphatic rings. The number of rotatable bonds is 9. The van der Waals surface area contributed by atoms with Gasteiger partial charge >= 0.3 is 0 Å². The summed E-state index contributed by atoms with van der Waals surface area (Å²) in [6.07, 6.45) is 10.6. The van der Waals surface area contributed by atoms with E-state index in [1.165, 1.54) is 25.3 Å². The molecule has 0 unspecified atom stereocenters. The van der Waals surface area contributed by atoms with E-state index >= 15 is 0 Å². The molecule has 1 fully saturated rings. The Morgan fingerprint density at radius 3 is 2.61 bits per heavy atom. The van der Waals surface area contributed by atoms with Crippen molar-refractivity contribution in [3.05, 3.63) is 95.8 Å². The number of hydrogen-bond acceptors (Lipinski definition) is 6. The van der Waals surface area contributed by atoms with Gasteiger partial charge in [-0.15, -0.1) is 5.10 Å². The molecule has 210 valence electrons. The van der Waals surface area contributed by atoms with Crippen molar-refractivity contribution in [1.82, 2.24) is 24.9 Å². The molecule has 2 amide bonds. The quantitative estimate of drug-likeness (QED) is 0.293. The smallest absolute Gasteiger partial charge is 0.258 e. The molecular formula is C32H35N7O2. The third-order valence-corrected chi connectivity index (χ3v) is 7.20. The van der Waals surface area contributed by atoms with Gasteiger partial charge in [-0.2, -0.15) is 0 Å². The zero-order valence-electron chi connectivity index (χ0n) is 23.5. The Kier molecular flexibility index (Phi) is 8.95. The monoisotopic (exact) mass is 549 g/mol. The fourth-order valence-electron chi connectivity index (χ4n) is 4.85. The third kappa shape index (κ3) is 7.52. The highest BCUT2D eigenvalue weighted by atomic mass is 16.2. The minimum absolute atomic E-state index is 0.123. The van der Waals surface area contributed by atoms with Crippen LogP contribution in [0, 0.1) is 6.92 Å². The Morgan fingerprint density at radius 2 is 1.83 bits per heavy atom. The second-order valence-electron chi connectivity index (χ2n) is 10.4. The van der Waals surface area contributed by atoms with Crippen LogP contribution >= 0.6 is 0 Å². The molecule has 0 saturated carbocycles. The molecule has 1 aliphatic heterocycles. The number of piperidine rings is 1. The van der Waals surface area contributed by atoms with E-state index in [2.05, 4.69) is 25.5 Å². The van der Waals surface area contributed by atoms with Gasteiger partial charge in [-0.25, -0.2) is 4.98 Å². The van der Waals surface area contributed by atoms with Gasteiger partial charge < -0.3 is 15.1 Å². The Bertz CT molecular complexity index is 1520. The SMILES string of the molecule is Cc1cccc(N(C)C(=O)c2cccc(/C=C/C(=O)Nc3ccc(-c4cn(CCN5CCCCC5)nn4)cn3)c2)c1. The van der Waals surface area contributed by atoms with E-state index in [4.69, 9.17) is 0 Å². The number of hydrogen-bond donors (Lipinski definition) is 1. The molecule has 4 aromatic rings. The van der Waals surface area contributed by atoms with Crippen molar-refractivity contribution in [2.45, 2.75) is 32.7 Å². The van der Waals surface area contributed by atoms with Gasteiger partial charge in [-0.1, -0.05) is 35.9 Å². The normalized spacial score (nSPS) is 13.8. The van der Waals surface area contributed by atoms with Gasteiger partial charge in [-0.3, -0.25) is 14.3 Å². The van der Waals surface area contributed by atoms with Crippen LogP contribution in [0.25, 0.3) is 17.3 Å². The minimum atomic E-state index is -0.317. The van der Waals surface area contributed by atoms with Crippen molar-refractivity contribution in [1.29, 1.82) is 0 Å². The van der Waals surface area contributed by atoms with Crippen LogP contribution in [0.15, 0.2) is 79.1 Å². The second-order valence-corrected chi connectivity index (χ2v) is 10.4. The number of carbonyl (C=O) groups excluding carboxylic acids is 2. The van der Waals surface area contributed by atoms with Crippen LogP contribution in [0.3, 0.4) is 0 Å². The number of likely N-dealkylation sites (tertiary alicyclic amines) is 1. The van der Waals surface area contributed by atoms with E-state index in [0.717, 1.165) is 54.3 Å². The molecule has 2 aromatic heterocycles. The van der Waals surface area contributed by atoms with Gasteiger partial charge in [0.1, 0.15) is 11.5 Å². The largest absolute Gasteiger partial charge is 0.311 e. The van der Waals surface area contributed by atoms with E-state index in [1.807, 2.05) is 54.2 Å². The molecule has 9 nitrogen and oxygen atoms in total. The van der Waals surface area contributed by atoms with Crippen LogP contribution in [0.1, 0.15) is 40.7 Å². The van der Waals surface area contributed by atoms with E-state index < -0.39 is 0 Å². The lowest BCUT2D eigenvalue weighted by Gasteiger charge is -2.25. The molecule has 0 radical (unpaired) electrons. The summed E-state index contributed by atoms with van der Waals surface area (Å²) < 4.78 is 1.87. The van der Waals surface area contributed by atoms with Gasteiger partial charge in [0, 0.05) is 42.7 Å². The van der Waals surface area contributed by atoms with E-state index in [9.17, 15) is 9.59 Å². The molecule has 0 bridgehead atoms. The fraction of sp³-hybridized carbons (Fsp3) is 0.281. The van der Waals surface area contributed by atoms with E-state index in [-0.39, 0.29) is 11.8 Å². The summed E-state index contributed by atoms with van der Waals surface area (Å²) in [5.41, 5.74) is 4.77. The average Bonchev–Trinajstić information content (AvgIpc) is 3.48. The number of nitrogens with one attached hydrogen (secondary N) is 1. The molecule has 0 spiro atoms. The van der Waals surface area contributed by atoms with E-state index in [0.29, 0.717) is 11.4 Å². The summed E-state index contributed by atoms with van der Waals surface area (Å²) in [6.45, 7) is 6.09. The van der Waals surface area contributed by atoms with Crippen molar-refractivity contribution in [2.24, 2.45) is 0 Å². The van der Waals surface area contributed by atoms with Gasteiger partial charge in [0.15, 0.2) is 0 Å². The number of aryl methyl sites for hydroxylation is 1. The predicted molar refractivity (Wildman–Crippen MR) is 162 cm³/mol. The molecular weight excluding hydrogens is 514 g/mol. The van der Waals surface area contributed by atoms with Crippen LogP contribution in [0.2, 0.25) is 0 Å². The maximum Gasteiger partial charge on any atom is 0.258 e. The lowest BCUT2D eigenvalue weighted by molar-refractivity contribution is -0.111. The highest BCUT2D eigenvalue weighted by Gasteiger charge is 2.14. The number of anilines is 2. The van der Waals surface area contributed by atoms with Gasteiger partial charge in [0.2, 0.25) is 5.91 Å². The topological polar surface area (TPSA) is 96.2 Å². The van der Waals surface area contributed by atoms with Gasteiger partial charge in [0.05, 0.1) is 12.7 Å². The first kappa shape index (κ1) is 27.9. The highest BCUT2D eigenvalue weighted by molar-refractivity contribution is 6.06. The Morgan fingerprint density at radius 1 is 1.00 bits per heavy atom. The maximum absolute atomic E-state index is 13.0. The van der Waals surface area contributed by atoms with Crippen molar-refractivity contribution >= 4 is 29.4 Å². The Balaban J connectivity index is 1.15. The number of pyridine rings is 1. The van der Waals surface area contributed by atoms with Crippen molar-refractivity contribution in [2.75, 3.05) is 36.9 Å². The zero-order chi connectivity index (χ0) is 28.6. The highest BCUT2D eigenvalue weighted by Crippen LogP contribution is 2.19. The number of aromatic nitrogens is 4. The van der Waals surface area contributed by atoms with Gasteiger partial charge in [-0.05, 0) is 86.5 Å². The lowest BCUT2D eigenvalue weighted by atomic mass is 10.1.